The fraction of sp³-hybridized carbons (Fsp3) is 0.278. The number of carboxylic acids is 1. The number of nitrogens with zero attached hydrogens (tertiary/aromatic N) is 1. The molecule has 114 valence electrons. The first-order chi connectivity index (χ1) is 10.6. The van der Waals surface area contributed by atoms with Crippen LogP contribution in [0.15, 0.2) is 42.5 Å². The number of anilines is 1. The Morgan fingerprint density at radius 1 is 1.18 bits per heavy atom. The Hall–Kier alpha value is -2.49. The molecule has 0 saturated carbocycles. The third-order valence-corrected chi connectivity index (χ3v) is 3.98. The van der Waals surface area contributed by atoms with E-state index < -0.39 is 5.97 Å². The number of aliphatic carboxylic acids is 1. The number of carboxylic acid groups (broad SMARTS) is 1. The van der Waals surface area contributed by atoms with Crippen molar-refractivity contribution in [3.8, 4) is 16.9 Å². The Bertz CT molecular complexity index is 679. The van der Waals surface area contributed by atoms with E-state index in [9.17, 15) is 4.79 Å². The Labute approximate surface area is 130 Å². The zero-order chi connectivity index (χ0) is 15.5. The molecule has 0 unspecified atom stereocenters. The average Bonchev–Trinajstić information content (AvgIpc) is 2.53. The van der Waals surface area contributed by atoms with Crippen LogP contribution in [-0.2, 0) is 11.2 Å². The molecule has 0 fully saturated rings. The summed E-state index contributed by atoms with van der Waals surface area (Å²) in [4.78, 5) is 12.8. The van der Waals surface area contributed by atoms with Crippen molar-refractivity contribution >= 4 is 11.7 Å². The molecule has 2 aromatic rings. The first kappa shape index (κ1) is 14.4. The maximum absolute atomic E-state index is 10.5. The van der Waals surface area contributed by atoms with Crippen LogP contribution in [0.5, 0.6) is 5.75 Å². The number of rotatable bonds is 4. The van der Waals surface area contributed by atoms with Crippen molar-refractivity contribution in [1.82, 2.24) is 0 Å². The lowest BCUT2D eigenvalue weighted by molar-refractivity contribution is -0.139. The summed E-state index contributed by atoms with van der Waals surface area (Å²) in [5.74, 6) is -0.397. The summed E-state index contributed by atoms with van der Waals surface area (Å²) < 4.78 is 5.16. The molecule has 1 N–H and O–H groups in total. The van der Waals surface area contributed by atoms with Gasteiger partial charge in [-0.3, -0.25) is 0 Å². The highest BCUT2D eigenvalue weighted by Crippen LogP contribution is 2.31. The summed E-state index contributed by atoms with van der Waals surface area (Å²) in [6.07, 6.45) is 2.31. The summed E-state index contributed by atoms with van der Waals surface area (Å²) in [7, 11) is 2.13. The van der Waals surface area contributed by atoms with Crippen LogP contribution in [0.1, 0.15) is 12.0 Å². The summed E-state index contributed by atoms with van der Waals surface area (Å²) in [6.45, 7) is 0.798. The molecule has 0 saturated heterocycles. The number of fused-ring (bicyclic) bond motifs is 1. The fourth-order valence-electron chi connectivity index (χ4n) is 2.85. The second kappa shape index (κ2) is 6.10. The predicted octanol–water partition coefficient (Wildman–Crippen LogP) is 3.20. The second-order valence-electron chi connectivity index (χ2n) is 5.58. The van der Waals surface area contributed by atoms with Crippen LogP contribution in [0.3, 0.4) is 0 Å². The highest BCUT2D eigenvalue weighted by Gasteiger charge is 2.14. The van der Waals surface area contributed by atoms with E-state index in [1.165, 1.54) is 23.2 Å². The first-order valence-corrected chi connectivity index (χ1v) is 7.42. The van der Waals surface area contributed by atoms with Crippen molar-refractivity contribution in [2.24, 2.45) is 0 Å². The van der Waals surface area contributed by atoms with Gasteiger partial charge in [-0.25, -0.2) is 4.79 Å². The Balaban J connectivity index is 1.81. The SMILES string of the molecule is CN1CCCc2cc(-c3ccc(OCC(=O)O)cc3)ccc21. The van der Waals surface area contributed by atoms with E-state index in [1.807, 2.05) is 24.3 Å². The molecule has 0 aromatic heterocycles. The van der Waals surface area contributed by atoms with Gasteiger partial charge in [0.05, 0.1) is 0 Å². The summed E-state index contributed by atoms with van der Waals surface area (Å²) in [5, 5.41) is 8.61. The van der Waals surface area contributed by atoms with Crippen molar-refractivity contribution in [3.63, 3.8) is 0 Å². The van der Waals surface area contributed by atoms with Crippen molar-refractivity contribution in [2.75, 3.05) is 25.1 Å². The number of hydrogen-bond donors (Lipinski definition) is 1. The van der Waals surface area contributed by atoms with Crippen LogP contribution in [0.4, 0.5) is 5.69 Å². The van der Waals surface area contributed by atoms with E-state index >= 15 is 0 Å². The third kappa shape index (κ3) is 3.06. The number of hydrogen-bond acceptors (Lipinski definition) is 3. The molecule has 0 bridgehead atoms. The third-order valence-electron chi connectivity index (χ3n) is 3.98. The minimum atomic E-state index is -0.970. The average molecular weight is 297 g/mol. The molecule has 0 atom stereocenters. The van der Waals surface area contributed by atoms with Gasteiger partial charge in [0.15, 0.2) is 6.61 Å². The standard InChI is InChI=1S/C18H19NO3/c1-19-10-2-3-15-11-14(6-9-17(15)19)13-4-7-16(8-5-13)22-12-18(20)21/h4-9,11H,2-3,10,12H2,1H3,(H,20,21). The second-order valence-corrected chi connectivity index (χ2v) is 5.58. The Morgan fingerprint density at radius 3 is 2.64 bits per heavy atom. The normalized spacial score (nSPS) is 13.6. The van der Waals surface area contributed by atoms with Crippen LogP contribution in [0.2, 0.25) is 0 Å². The Kier molecular flexibility index (Phi) is 4.00. The minimum Gasteiger partial charge on any atom is -0.482 e. The molecule has 0 aliphatic carbocycles. The predicted molar refractivity (Wildman–Crippen MR) is 86.6 cm³/mol. The smallest absolute Gasteiger partial charge is 0.341 e. The molecular formula is C18H19NO3. The molecule has 22 heavy (non-hydrogen) atoms. The highest BCUT2D eigenvalue weighted by atomic mass is 16.5. The molecule has 0 amide bonds. The number of benzene rings is 2. The number of aryl methyl sites for hydroxylation is 1. The molecule has 1 aliphatic heterocycles. The lowest BCUT2D eigenvalue weighted by atomic mass is 9.96. The van der Waals surface area contributed by atoms with E-state index in [0.29, 0.717) is 5.75 Å². The van der Waals surface area contributed by atoms with Gasteiger partial charge < -0.3 is 14.7 Å². The zero-order valence-corrected chi connectivity index (χ0v) is 12.6. The monoisotopic (exact) mass is 297 g/mol. The molecular weight excluding hydrogens is 278 g/mol. The molecule has 4 nitrogen and oxygen atoms in total. The lowest BCUT2D eigenvalue weighted by Crippen LogP contribution is -2.24. The quantitative estimate of drug-likeness (QED) is 0.941. The van der Waals surface area contributed by atoms with Crippen LogP contribution in [0.25, 0.3) is 11.1 Å². The summed E-state index contributed by atoms with van der Waals surface area (Å²) in [5.41, 5.74) is 4.99. The van der Waals surface area contributed by atoms with Crippen molar-refractivity contribution in [2.45, 2.75) is 12.8 Å². The fourth-order valence-corrected chi connectivity index (χ4v) is 2.85. The minimum absolute atomic E-state index is 0.315. The molecule has 1 heterocycles. The van der Waals surface area contributed by atoms with E-state index in [2.05, 4.69) is 30.1 Å². The van der Waals surface area contributed by atoms with E-state index in [-0.39, 0.29) is 6.61 Å². The largest absolute Gasteiger partial charge is 0.482 e. The Morgan fingerprint density at radius 2 is 1.91 bits per heavy atom. The van der Waals surface area contributed by atoms with Crippen LogP contribution in [0, 0.1) is 0 Å². The topological polar surface area (TPSA) is 49.8 Å². The number of carbonyl (C=O) groups is 1. The first-order valence-electron chi connectivity index (χ1n) is 7.42. The van der Waals surface area contributed by atoms with Gasteiger partial charge >= 0.3 is 5.97 Å². The zero-order valence-electron chi connectivity index (χ0n) is 12.6. The maximum atomic E-state index is 10.5. The van der Waals surface area contributed by atoms with Crippen molar-refractivity contribution in [1.29, 1.82) is 0 Å². The van der Waals surface area contributed by atoms with Gasteiger partial charge in [-0.2, -0.15) is 0 Å². The molecule has 0 spiro atoms. The molecule has 1 aliphatic rings. The van der Waals surface area contributed by atoms with Crippen molar-refractivity contribution in [3.05, 3.63) is 48.0 Å². The maximum Gasteiger partial charge on any atom is 0.341 e. The molecule has 0 radical (unpaired) electrons. The van der Waals surface area contributed by atoms with Gasteiger partial charge in [0.25, 0.3) is 0 Å². The van der Waals surface area contributed by atoms with E-state index in [0.717, 1.165) is 18.5 Å². The number of ether oxygens (including phenoxy) is 1. The van der Waals surface area contributed by atoms with Crippen LogP contribution < -0.4 is 9.64 Å². The van der Waals surface area contributed by atoms with Crippen molar-refractivity contribution < 1.29 is 14.6 Å². The lowest BCUT2D eigenvalue weighted by Gasteiger charge is -2.27. The van der Waals surface area contributed by atoms with Gasteiger partial charge in [-0.15, -0.1) is 0 Å². The van der Waals surface area contributed by atoms with Gasteiger partial charge in [0, 0.05) is 19.3 Å². The summed E-state index contributed by atoms with van der Waals surface area (Å²) in [6, 6.07) is 14.1. The molecule has 4 heteroatoms. The summed E-state index contributed by atoms with van der Waals surface area (Å²) >= 11 is 0. The van der Waals surface area contributed by atoms with Crippen LogP contribution in [-0.4, -0.2) is 31.3 Å². The molecule has 3 rings (SSSR count). The van der Waals surface area contributed by atoms with Gasteiger partial charge in [0.1, 0.15) is 5.75 Å². The van der Waals surface area contributed by atoms with Crippen LogP contribution >= 0.6 is 0 Å². The van der Waals surface area contributed by atoms with E-state index in [1.54, 1.807) is 0 Å². The highest BCUT2D eigenvalue weighted by molar-refractivity contribution is 5.70. The van der Waals surface area contributed by atoms with E-state index in [4.69, 9.17) is 9.84 Å². The molecule has 2 aromatic carbocycles. The van der Waals surface area contributed by atoms with Gasteiger partial charge in [-0.05, 0) is 53.8 Å². The van der Waals surface area contributed by atoms with Gasteiger partial charge in [0.2, 0.25) is 0 Å². The van der Waals surface area contributed by atoms with Gasteiger partial charge in [-0.1, -0.05) is 18.2 Å².